The smallest absolute Gasteiger partial charge is 1.00 e. The van der Waals surface area contributed by atoms with Gasteiger partial charge in [0.25, 0.3) is 0 Å². The van der Waals surface area contributed by atoms with E-state index >= 15 is 0 Å². The van der Waals surface area contributed by atoms with Crippen molar-refractivity contribution < 1.29 is 242 Å². The normalized spacial score (nSPS) is 10.2. The fourth-order valence-electron chi connectivity index (χ4n) is 8.25. The molecule has 11 rings (SSSR count). The Bertz CT molecular complexity index is 3980. The maximum absolute atomic E-state index is 12.1. The number of ketones is 1. The minimum Gasteiger partial charge on any atom is -1.00 e. The molecule has 4 N–H and O–H groups in total. The number of aryl methyl sites for hydroxylation is 6. The number of ether oxygens (including phenoxy) is 2. The summed E-state index contributed by atoms with van der Waals surface area (Å²) in [4.78, 5) is 63.8. The number of Topliss-reactive ketones (excluding diaryl/α,β-unsaturated/α-hetero) is 1. The molecule has 0 bridgehead atoms. The van der Waals surface area contributed by atoms with Gasteiger partial charge < -0.3 is 89.7 Å². The molecule has 0 radical (unpaired) electrons. The van der Waals surface area contributed by atoms with Gasteiger partial charge in [-0.15, -0.1) is 0 Å². The molecule has 7 heterocycles. The Morgan fingerprint density at radius 3 is 1.27 bits per heavy atom. The van der Waals surface area contributed by atoms with Crippen molar-refractivity contribution in [1.29, 1.82) is 0 Å². The van der Waals surface area contributed by atoms with Crippen LogP contribution in [0.3, 0.4) is 0 Å². The van der Waals surface area contributed by atoms with Crippen LogP contribution in [0.4, 0.5) is 0 Å². The fraction of sp³-hybridized carbons (Fsp3) is 0.218. The SMILES string of the molecule is C.C.COOC=O.COc1c(C(C)=O)c(O)c(C)c2occc12.COc1c2ccoc2c(C)c2oc(C)cc(=O)c12.Cc1cc(=O)c2c(O)c3ccoc3c(C)c2o1.Cc1cc(=O)c2c(O)c3ccoc3c(O)c2o1.[Cs+].[Cs+].[I-]. The summed E-state index contributed by atoms with van der Waals surface area (Å²) in [5.41, 5.74) is 4.26. The molecule has 0 aliphatic heterocycles. The van der Waals surface area contributed by atoms with Crippen molar-refractivity contribution in [2.45, 2.75) is 63.3 Å². The van der Waals surface area contributed by atoms with E-state index in [1.807, 2.05) is 6.92 Å². The van der Waals surface area contributed by atoms with Crippen LogP contribution in [0.1, 0.15) is 66.1 Å². The molecule has 0 atom stereocenters. The average molecular weight is 1430 g/mol. The van der Waals surface area contributed by atoms with E-state index in [9.17, 15) is 39.6 Å². The number of rotatable bonds is 5. The first kappa shape index (κ1) is 69.5. The van der Waals surface area contributed by atoms with Gasteiger partial charge in [-0.3, -0.25) is 24.0 Å². The van der Waals surface area contributed by atoms with E-state index in [1.54, 1.807) is 59.1 Å². The minimum atomic E-state index is -0.403. The van der Waals surface area contributed by atoms with E-state index in [4.69, 9.17) is 45.2 Å². The zero-order valence-corrected chi connectivity index (χ0v) is 57.8. The maximum Gasteiger partial charge on any atom is 1.00 e. The second kappa shape index (κ2) is 29.7. The summed E-state index contributed by atoms with van der Waals surface area (Å²) < 4.78 is 48.0. The Balaban J connectivity index is 0.000000338. The molecule has 0 spiro atoms. The zero-order chi connectivity index (χ0) is 53.2. The van der Waals surface area contributed by atoms with Gasteiger partial charge in [0.15, 0.2) is 33.2 Å². The van der Waals surface area contributed by atoms with Gasteiger partial charge in [0.2, 0.25) is 5.75 Å². The molecular formula is C55H54Cs2IO20+. The van der Waals surface area contributed by atoms with Gasteiger partial charge in [-0.1, -0.05) is 14.9 Å². The number of hydrogen-bond acceptors (Lipinski definition) is 20. The number of aromatic hydroxyl groups is 4. The second-order valence-corrected chi connectivity index (χ2v) is 16.1. The molecule has 4 aromatic carbocycles. The number of carbonyl (C=O) groups excluding carboxylic acids is 2. The van der Waals surface area contributed by atoms with Gasteiger partial charge in [-0.05, 0) is 72.7 Å². The molecule has 78 heavy (non-hydrogen) atoms. The van der Waals surface area contributed by atoms with E-state index in [0.717, 1.165) is 16.5 Å². The van der Waals surface area contributed by atoms with Crippen molar-refractivity contribution >= 4 is 89.0 Å². The molecular weight excluding hydrogens is 1370 g/mol. The summed E-state index contributed by atoms with van der Waals surface area (Å²) >= 11 is 0. The van der Waals surface area contributed by atoms with Crippen LogP contribution in [0, 0.1) is 41.5 Å². The van der Waals surface area contributed by atoms with E-state index in [-0.39, 0.29) is 256 Å². The Morgan fingerprint density at radius 2 is 0.846 bits per heavy atom. The number of phenols is 4. The Kier molecular flexibility index (Phi) is 26.5. The van der Waals surface area contributed by atoms with Crippen molar-refractivity contribution in [3.8, 4) is 34.5 Å². The quantitative estimate of drug-likeness (QED) is 0.0481. The van der Waals surface area contributed by atoms with Crippen LogP contribution >= 0.6 is 0 Å². The fourth-order valence-corrected chi connectivity index (χ4v) is 8.25. The Labute approximate surface area is 578 Å². The summed E-state index contributed by atoms with van der Waals surface area (Å²) in [7, 11) is 4.26. The standard InChI is InChI=1S/C14H12O4.C13H10O4.C12H8O5.C12H12O4.C2H4O3.2CH4.2Cs.HI/c1-7-6-10(15)11-13(18-7)8(2)12-9(4-5-17-12)14(11)16-3;1-6-5-9(14)10-11(15)8-3-4-16-12(8)7(2)13(10)17-6;1-5-4-7(13)8-9(14)6-2-3-16-11(6)10(15)12(8)17-5;1-6-10(14)9(7(2)13)12(15-3)8-4-5-16-11(6)8;1-4-5-2-3;;;;;/h4-6H,1-3H3;3-5,15H,1-2H3;2-4,14-15H,1H3;4-5,14H,1-3H3;2H,1H3;2*1H4;;;1H/q;;;;;;;2*+1;/p-1. The first-order valence-corrected chi connectivity index (χ1v) is 21.7. The van der Waals surface area contributed by atoms with Crippen molar-refractivity contribution in [1.82, 2.24) is 0 Å². The van der Waals surface area contributed by atoms with Crippen LogP contribution in [0.15, 0.2) is 113 Å². The molecule has 0 amide bonds. The van der Waals surface area contributed by atoms with Crippen molar-refractivity contribution in [2.24, 2.45) is 0 Å². The van der Waals surface area contributed by atoms with E-state index in [2.05, 4.69) is 9.78 Å². The number of hydrogen-bond donors (Lipinski definition) is 4. The number of carbonyl (C=O) groups is 2. The number of furan rings is 4. The molecule has 7 aromatic heterocycles. The van der Waals surface area contributed by atoms with Crippen LogP contribution in [0.2, 0.25) is 0 Å². The molecule has 11 aromatic rings. The number of halogens is 1. The van der Waals surface area contributed by atoms with Gasteiger partial charge in [-0.2, -0.15) is 4.89 Å². The third-order valence-corrected chi connectivity index (χ3v) is 11.4. The summed E-state index contributed by atoms with van der Waals surface area (Å²) in [6, 6.07) is 10.7. The van der Waals surface area contributed by atoms with Gasteiger partial charge in [0.05, 0.1) is 67.9 Å². The second-order valence-electron chi connectivity index (χ2n) is 16.1. The van der Waals surface area contributed by atoms with Crippen LogP contribution in [-0.2, 0) is 14.6 Å². The van der Waals surface area contributed by atoms with Crippen LogP contribution in [0.25, 0.3) is 76.8 Å². The monoisotopic (exact) mass is 1430 g/mol. The van der Waals surface area contributed by atoms with Crippen molar-refractivity contribution in [3.05, 3.63) is 138 Å². The Hall–Kier alpha value is -4.60. The largest absolute Gasteiger partial charge is 1.00 e. The molecule has 0 saturated heterocycles. The van der Waals surface area contributed by atoms with Crippen molar-refractivity contribution in [2.75, 3.05) is 21.3 Å². The predicted octanol–water partition coefficient (Wildman–Crippen LogP) is 2.95. The van der Waals surface area contributed by atoms with Gasteiger partial charge in [-0.25, -0.2) is 0 Å². The number of benzene rings is 4. The summed E-state index contributed by atoms with van der Waals surface area (Å²) in [6.07, 6.45) is 5.88. The first-order chi connectivity index (χ1) is 34.8. The molecule has 0 aliphatic rings. The van der Waals surface area contributed by atoms with Gasteiger partial charge in [0, 0.05) is 34.9 Å². The summed E-state index contributed by atoms with van der Waals surface area (Å²) in [6.45, 7) is 12.0. The molecule has 23 heteroatoms. The van der Waals surface area contributed by atoms with Gasteiger partial charge >= 0.3 is 144 Å². The van der Waals surface area contributed by atoms with Crippen LogP contribution < -0.4 is 188 Å². The number of fused-ring (bicyclic) bond motifs is 7. The van der Waals surface area contributed by atoms with Gasteiger partial charge in [0.1, 0.15) is 95.7 Å². The number of phenolic OH excluding ortho intramolecular Hbond substituents is 4. The van der Waals surface area contributed by atoms with Crippen LogP contribution in [0.5, 0.6) is 34.5 Å². The van der Waals surface area contributed by atoms with E-state index in [1.165, 1.54) is 71.3 Å². The molecule has 0 fully saturated rings. The Morgan fingerprint density at radius 1 is 0.487 bits per heavy atom. The third kappa shape index (κ3) is 13.6. The molecule has 402 valence electrons. The van der Waals surface area contributed by atoms with Crippen LogP contribution in [-0.4, -0.2) is 54.0 Å². The summed E-state index contributed by atoms with van der Waals surface area (Å²) in [5, 5.41) is 42.9. The molecule has 0 unspecified atom stereocenters. The minimum absolute atomic E-state index is 0. The number of methoxy groups -OCH3 is 2. The molecule has 0 saturated carbocycles. The molecule has 0 aliphatic carbocycles. The van der Waals surface area contributed by atoms with E-state index < -0.39 is 5.43 Å². The van der Waals surface area contributed by atoms with Crippen molar-refractivity contribution in [3.63, 3.8) is 0 Å². The zero-order valence-electron chi connectivity index (χ0n) is 43.1. The first-order valence-electron chi connectivity index (χ1n) is 21.7. The third-order valence-electron chi connectivity index (χ3n) is 11.4. The maximum atomic E-state index is 12.1. The average Bonchev–Trinajstić information content (AvgIpc) is 4.20. The predicted molar refractivity (Wildman–Crippen MR) is 279 cm³/mol. The summed E-state index contributed by atoms with van der Waals surface area (Å²) in [5.74, 6) is 1.39. The topological polar surface area (TPSA) is 295 Å². The molecule has 20 nitrogen and oxygen atoms in total. The van der Waals surface area contributed by atoms with E-state index in [0.29, 0.717) is 78.4 Å².